The van der Waals surface area contributed by atoms with Crippen molar-refractivity contribution in [3.8, 4) is 10.6 Å². The largest absolute Gasteiger partial charge is 0.314 e. The van der Waals surface area contributed by atoms with Crippen molar-refractivity contribution in [1.29, 1.82) is 0 Å². The first-order chi connectivity index (χ1) is 8.36. The minimum atomic E-state index is 0.811. The Bertz CT molecular complexity index is 642. The van der Waals surface area contributed by atoms with Crippen LogP contribution in [0.5, 0.6) is 0 Å². The van der Waals surface area contributed by atoms with Gasteiger partial charge in [0.05, 0.1) is 15.9 Å². The van der Waals surface area contributed by atoms with Crippen molar-refractivity contribution in [3.63, 3.8) is 0 Å². The van der Waals surface area contributed by atoms with Crippen LogP contribution in [0, 0.1) is 0 Å². The van der Waals surface area contributed by atoms with E-state index >= 15 is 0 Å². The molecule has 3 nitrogen and oxygen atoms in total. The summed E-state index contributed by atoms with van der Waals surface area (Å²) in [4.78, 5) is 9.02. The first-order valence-electron chi connectivity index (χ1n) is 5.29. The number of thiophene rings is 1. The van der Waals surface area contributed by atoms with E-state index in [1.54, 1.807) is 22.7 Å². The van der Waals surface area contributed by atoms with Gasteiger partial charge in [-0.05, 0) is 24.6 Å². The second-order valence-electron chi connectivity index (χ2n) is 3.70. The molecular weight excluding hydrogens is 250 g/mol. The van der Waals surface area contributed by atoms with Gasteiger partial charge in [0.15, 0.2) is 0 Å². The summed E-state index contributed by atoms with van der Waals surface area (Å²) in [5.74, 6) is 0. The van der Waals surface area contributed by atoms with Gasteiger partial charge < -0.3 is 5.32 Å². The molecule has 0 spiro atoms. The molecular formula is C12H11N3S2. The zero-order chi connectivity index (χ0) is 11.7. The summed E-state index contributed by atoms with van der Waals surface area (Å²) >= 11 is 3.38. The average molecular weight is 261 g/mol. The van der Waals surface area contributed by atoms with E-state index in [0.29, 0.717) is 0 Å². The summed E-state index contributed by atoms with van der Waals surface area (Å²) in [6, 6.07) is 4.20. The molecule has 0 bridgehead atoms. The summed E-state index contributed by atoms with van der Waals surface area (Å²) < 4.78 is 1.22. The molecule has 3 aromatic heterocycles. The average Bonchev–Trinajstić information content (AvgIpc) is 2.96. The third kappa shape index (κ3) is 2.09. The molecule has 86 valence electrons. The van der Waals surface area contributed by atoms with Gasteiger partial charge in [-0.3, -0.25) is 4.98 Å². The molecule has 0 unspecified atom stereocenters. The van der Waals surface area contributed by atoms with Gasteiger partial charge in [-0.25, -0.2) is 4.98 Å². The molecule has 0 aromatic carbocycles. The fraction of sp³-hybridized carbons (Fsp3) is 0.167. The van der Waals surface area contributed by atoms with E-state index in [2.05, 4.69) is 32.1 Å². The van der Waals surface area contributed by atoms with Crippen LogP contribution in [0.4, 0.5) is 0 Å². The summed E-state index contributed by atoms with van der Waals surface area (Å²) in [5.41, 5.74) is 3.25. The summed E-state index contributed by atoms with van der Waals surface area (Å²) in [7, 11) is 1.93. The van der Waals surface area contributed by atoms with Crippen molar-refractivity contribution in [2.24, 2.45) is 0 Å². The van der Waals surface area contributed by atoms with E-state index in [0.717, 1.165) is 28.3 Å². The number of thiazole rings is 1. The van der Waals surface area contributed by atoms with Gasteiger partial charge in [-0.2, -0.15) is 0 Å². The van der Waals surface area contributed by atoms with Gasteiger partial charge in [0.1, 0.15) is 5.01 Å². The number of rotatable bonds is 3. The molecule has 0 aliphatic carbocycles. The molecule has 0 fully saturated rings. The van der Waals surface area contributed by atoms with Crippen molar-refractivity contribution >= 4 is 32.9 Å². The van der Waals surface area contributed by atoms with Crippen LogP contribution in [-0.4, -0.2) is 17.0 Å². The highest BCUT2D eigenvalue weighted by Crippen LogP contribution is 2.27. The zero-order valence-corrected chi connectivity index (χ0v) is 10.9. The number of fused-ring (bicyclic) bond motifs is 1. The molecule has 0 saturated carbocycles. The fourth-order valence-electron chi connectivity index (χ4n) is 1.67. The highest BCUT2D eigenvalue weighted by Gasteiger charge is 2.06. The Morgan fingerprint density at radius 2 is 2.29 bits per heavy atom. The number of hydrogen-bond donors (Lipinski definition) is 1. The van der Waals surface area contributed by atoms with Crippen LogP contribution in [0.15, 0.2) is 29.1 Å². The molecule has 0 saturated heterocycles. The van der Waals surface area contributed by atoms with Crippen molar-refractivity contribution in [3.05, 3.63) is 34.8 Å². The Morgan fingerprint density at radius 1 is 1.35 bits per heavy atom. The number of nitrogens with one attached hydrogen (secondary N) is 1. The molecule has 3 rings (SSSR count). The van der Waals surface area contributed by atoms with Crippen molar-refractivity contribution in [1.82, 2.24) is 15.3 Å². The minimum absolute atomic E-state index is 0.811. The third-order valence-electron chi connectivity index (χ3n) is 2.46. The predicted molar refractivity (Wildman–Crippen MR) is 73.5 cm³/mol. The number of hydrogen-bond acceptors (Lipinski definition) is 5. The monoisotopic (exact) mass is 261 g/mol. The zero-order valence-electron chi connectivity index (χ0n) is 9.30. The van der Waals surface area contributed by atoms with Crippen molar-refractivity contribution in [2.45, 2.75) is 6.54 Å². The van der Waals surface area contributed by atoms with Crippen LogP contribution in [0.1, 0.15) is 5.69 Å². The van der Waals surface area contributed by atoms with Gasteiger partial charge in [-0.15, -0.1) is 22.7 Å². The normalized spacial score (nSPS) is 11.1. The molecule has 0 aliphatic heterocycles. The lowest BCUT2D eigenvalue weighted by atomic mass is 10.3. The summed E-state index contributed by atoms with van der Waals surface area (Å²) in [6.45, 7) is 0.811. The SMILES string of the molecule is CNCc1csc(-c2cnc3ccsc3c2)n1. The maximum Gasteiger partial charge on any atom is 0.125 e. The summed E-state index contributed by atoms with van der Waals surface area (Å²) in [6.07, 6.45) is 1.90. The first kappa shape index (κ1) is 10.8. The van der Waals surface area contributed by atoms with E-state index in [4.69, 9.17) is 0 Å². The molecule has 0 aliphatic rings. The van der Waals surface area contributed by atoms with Crippen LogP contribution in [0.2, 0.25) is 0 Å². The maximum absolute atomic E-state index is 4.58. The minimum Gasteiger partial charge on any atom is -0.314 e. The van der Waals surface area contributed by atoms with E-state index < -0.39 is 0 Å². The maximum atomic E-state index is 4.58. The smallest absolute Gasteiger partial charge is 0.125 e. The second-order valence-corrected chi connectivity index (χ2v) is 5.51. The lowest BCUT2D eigenvalue weighted by Crippen LogP contribution is -2.04. The van der Waals surface area contributed by atoms with E-state index in [9.17, 15) is 0 Å². The first-order valence-corrected chi connectivity index (χ1v) is 7.05. The Kier molecular flexibility index (Phi) is 2.88. The third-order valence-corrected chi connectivity index (χ3v) is 4.25. The molecule has 5 heteroatoms. The molecule has 17 heavy (non-hydrogen) atoms. The van der Waals surface area contributed by atoms with Gasteiger partial charge in [0.2, 0.25) is 0 Å². The predicted octanol–water partition coefficient (Wildman–Crippen LogP) is 3.14. The molecule has 1 N–H and O–H groups in total. The van der Waals surface area contributed by atoms with E-state index in [-0.39, 0.29) is 0 Å². The van der Waals surface area contributed by atoms with Crippen LogP contribution >= 0.6 is 22.7 Å². The molecule has 0 radical (unpaired) electrons. The molecule has 3 heterocycles. The standard InChI is InChI=1S/C12H11N3S2/c1-13-6-9-7-17-12(15-9)8-4-11-10(14-5-8)2-3-16-11/h2-5,7,13H,6H2,1H3. The van der Waals surface area contributed by atoms with Gasteiger partial charge in [0.25, 0.3) is 0 Å². The Hall–Kier alpha value is -1.30. The van der Waals surface area contributed by atoms with Gasteiger partial charge in [0, 0.05) is 23.7 Å². The lowest BCUT2D eigenvalue weighted by Gasteiger charge is -1.96. The number of nitrogens with zero attached hydrogens (tertiary/aromatic N) is 2. The topological polar surface area (TPSA) is 37.8 Å². The van der Waals surface area contributed by atoms with E-state index in [1.165, 1.54) is 4.70 Å². The van der Waals surface area contributed by atoms with Crippen LogP contribution in [-0.2, 0) is 6.54 Å². The molecule has 0 atom stereocenters. The van der Waals surface area contributed by atoms with Gasteiger partial charge in [-0.1, -0.05) is 0 Å². The highest BCUT2D eigenvalue weighted by atomic mass is 32.1. The van der Waals surface area contributed by atoms with Gasteiger partial charge >= 0.3 is 0 Å². The Morgan fingerprint density at radius 3 is 3.18 bits per heavy atom. The fourth-order valence-corrected chi connectivity index (χ4v) is 3.25. The molecule has 0 amide bonds. The summed E-state index contributed by atoms with van der Waals surface area (Å²) in [5, 5.41) is 8.30. The Balaban J connectivity index is 2.00. The van der Waals surface area contributed by atoms with Crippen molar-refractivity contribution < 1.29 is 0 Å². The Labute approximate surface area is 107 Å². The molecule has 3 aromatic rings. The number of aromatic nitrogens is 2. The van der Waals surface area contributed by atoms with Crippen molar-refractivity contribution in [2.75, 3.05) is 7.05 Å². The van der Waals surface area contributed by atoms with Crippen LogP contribution in [0.3, 0.4) is 0 Å². The lowest BCUT2D eigenvalue weighted by molar-refractivity contribution is 0.798. The highest BCUT2D eigenvalue weighted by molar-refractivity contribution is 7.17. The van der Waals surface area contributed by atoms with E-state index in [1.807, 2.05) is 19.3 Å². The second kappa shape index (κ2) is 4.52. The quantitative estimate of drug-likeness (QED) is 0.787. The van der Waals surface area contributed by atoms with Crippen LogP contribution in [0.25, 0.3) is 20.8 Å². The van der Waals surface area contributed by atoms with Crippen LogP contribution < -0.4 is 5.32 Å². The number of pyridine rings is 1.